The monoisotopic (exact) mass is 328 g/mol. The summed E-state index contributed by atoms with van der Waals surface area (Å²) in [6.45, 7) is 5.02. The van der Waals surface area contributed by atoms with Crippen LogP contribution in [0.3, 0.4) is 0 Å². The second-order valence-electron chi connectivity index (χ2n) is 9.42. The van der Waals surface area contributed by atoms with Crippen LogP contribution in [0.4, 0.5) is 0 Å². The number of carbonyl (C=O) groups is 2. The van der Waals surface area contributed by atoms with Crippen molar-refractivity contribution >= 4 is 11.6 Å². The smallest absolute Gasteiger partial charge is 0.155 e. The van der Waals surface area contributed by atoms with Crippen molar-refractivity contribution in [3.63, 3.8) is 0 Å². The second kappa shape index (κ2) is 4.81. The van der Waals surface area contributed by atoms with Crippen LogP contribution in [0.1, 0.15) is 58.8 Å². The van der Waals surface area contributed by atoms with Crippen molar-refractivity contribution in [2.45, 2.75) is 64.9 Å². The van der Waals surface area contributed by atoms with Crippen molar-refractivity contribution in [1.82, 2.24) is 0 Å². The van der Waals surface area contributed by atoms with Gasteiger partial charge in [-0.1, -0.05) is 6.92 Å². The van der Waals surface area contributed by atoms with Crippen LogP contribution in [-0.2, 0) is 14.3 Å². The van der Waals surface area contributed by atoms with Crippen LogP contribution in [0.2, 0.25) is 0 Å². The molecule has 0 aromatic heterocycles. The molecule has 0 aromatic carbocycles. The molecule has 1 aliphatic heterocycles. The summed E-state index contributed by atoms with van der Waals surface area (Å²) in [5, 5.41) is 0. The Kier molecular flexibility index (Phi) is 3.07. The largest absolute Gasteiger partial charge is 0.373 e. The first-order chi connectivity index (χ1) is 11.5. The summed E-state index contributed by atoms with van der Waals surface area (Å²) in [6.07, 6.45) is 9.57. The van der Waals surface area contributed by atoms with Gasteiger partial charge in [0, 0.05) is 17.8 Å². The van der Waals surface area contributed by atoms with E-state index in [4.69, 9.17) is 4.74 Å². The van der Waals surface area contributed by atoms with E-state index >= 15 is 0 Å². The number of ether oxygens (including phenoxy) is 1. The van der Waals surface area contributed by atoms with Crippen molar-refractivity contribution in [2.75, 3.05) is 6.61 Å². The standard InChI is InChI=1S/C21H28O3/c1-12(22)15-3-4-16-14-10-19-18-9-13(23)5-8-21(18,11-24-19)17(14)6-7-20(15,16)2/h9,14-17,19H,3-8,10-11H2,1-2H3/t14-,15+,16-,17-,19-,20+,21-/m0/s1. The van der Waals surface area contributed by atoms with Crippen molar-refractivity contribution < 1.29 is 14.3 Å². The third-order valence-corrected chi connectivity index (χ3v) is 8.72. The lowest BCUT2D eigenvalue weighted by molar-refractivity contribution is -0.128. The van der Waals surface area contributed by atoms with Gasteiger partial charge in [-0.3, -0.25) is 9.59 Å². The van der Waals surface area contributed by atoms with E-state index in [2.05, 4.69) is 6.92 Å². The Hall–Kier alpha value is -0.960. The summed E-state index contributed by atoms with van der Waals surface area (Å²) in [5.41, 5.74) is 1.69. The molecule has 2 bridgehead atoms. The summed E-state index contributed by atoms with van der Waals surface area (Å²) in [4.78, 5) is 24.2. The van der Waals surface area contributed by atoms with E-state index in [1.807, 2.05) is 6.08 Å². The number of ketones is 2. The summed E-state index contributed by atoms with van der Waals surface area (Å²) in [7, 11) is 0. The number of hydrogen-bond acceptors (Lipinski definition) is 3. The highest BCUT2D eigenvalue weighted by atomic mass is 16.5. The Morgan fingerprint density at radius 3 is 2.83 bits per heavy atom. The number of hydrogen-bond donors (Lipinski definition) is 0. The van der Waals surface area contributed by atoms with Crippen molar-refractivity contribution in [2.24, 2.45) is 34.5 Å². The molecule has 24 heavy (non-hydrogen) atoms. The fraction of sp³-hybridized carbons (Fsp3) is 0.810. The Morgan fingerprint density at radius 1 is 1.21 bits per heavy atom. The predicted octanol–water partition coefficient (Wildman–Crippen LogP) is 3.71. The minimum absolute atomic E-state index is 0.150. The topological polar surface area (TPSA) is 43.4 Å². The maximum Gasteiger partial charge on any atom is 0.155 e. The highest BCUT2D eigenvalue weighted by molar-refractivity contribution is 5.92. The predicted molar refractivity (Wildman–Crippen MR) is 90.3 cm³/mol. The van der Waals surface area contributed by atoms with Gasteiger partial charge in [0.05, 0.1) is 12.7 Å². The van der Waals surface area contributed by atoms with E-state index in [0.717, 1.165) is 25.9 Å². The minimum atomic E-state index is 0.150. The molecular weight excluding hydrogens is 300 g/mol. The Labute approximate surface area is 144 Å². The number of Topliss-reactive ketones (excluding diaryl/α,β-unsaturated/α-hetero) is 1. The molecule has 130 valence electrons. The minimum Gasteiger partial charge on any atom is -0.373 e. The molecule has 0 aromatic rings. The van der Waals surface area contributed by atoms with E-state index in [1.165, 1.54) is 24.8 Å². The summed E-state index contributed by atoms with van der Waals surface area (Å²) in [6, 6.07) is 0. The molecule has 0 amide bonds. The van der Waals surface area contributed by atoms with Gasteiger partial charge in [0.2, 0.25) is 0 Å². The molecule has 3 saturated carbocycles. The fourth-order valence-corrected chi connectivity index (χ4v) is 7.71. The number of rotatable bonds is 1. The molecule has 3 heteroatoms. The van der Waals surface area contributed by atoms with Crippen LogP contribution in [-0.4, -0.2) is 24.3 Å². The van der Waals surface area contributed by atoms with Gasteiger partial charge in [0.1, 0.15) is 5.78 Å². The van der Waals surface area contributed by atoms with E-state index < -0.39 is 0 Å². The normalized spacial score (nSPS) is 52.3. The highest BCUT2D eigenvalue weighted by Gasteiger charge is 2.64. The van der Waals surface area contributed by atoms with E-state index in [-0.39, 0.29) is 22.9 Å². The molecule has 5 aliphatic rings. The van der Waals surface area contributed by atoms with Crippen molar-refractivity contribution in [3.05, 3.63) is 11.6 Å². The van der Waals surface area contributed by atoms with Gasteiger partial charge in [0.15, 0.2) is 5.78 Å². The molecular formula is C21H28O3. The first-order valence-electron chi connectivity index (χ1n) is 9.83. The highest BCUT2D eigenvalue weighted by Crippen LogP contribution is 2.68. The molecule has 7 atom stereocenters. The van der Waals surface area contributed by atoms with Gasteiger partial charge >= 0.3 is 0 Å². The molecule has 3 nitrogen and oxygen atoms in total. The zero-order valence-corrected chi connectivity index (χ0v) is 14.8. The Bertz CT molecular complexity index is 649. The molecule has 5 rings (SSSR count). The summed E-state index contributed by atoms with van der Waals surface area (Å²) >= 11 is 0. The van der Waals surface area contributed by atoms with Crippen LogP contribution < -0.4 is 0 Å². The number of fused-ring (bicyclic) bond motifs is 3. The zero-order chi connectivity index (χ0) is 16.7. The van der Waals surface area contributed by atoms with Crippen LogP contribution in [0.25, 0.3) is 0 Å². The third kappa shape index (κ3) is 1.72. The maximum absolute atomic E-state index is 12.2. The average Bonchev–Trinajstić information content (AvgIpc) is 3.02. The molecule has 0 unspecified atom stereocenters. The average molecular weight is 328 g/mol. The molecule has 4 aliphatic carbocycles. The fourth-order valence-electron chi connectivity index (χ4n) is 7.71. The van der Waals surface area contributed by atoms with Crippen LogP contribution >= 0.6 is 0 Å². The van der Waals surface area contributed by atoms with E-state index in [1.54, 1.807) is 6.92 Å². The van der Waals surface area contributed by atoms with Crippen molar-refractivity contribution in [1.29, 1.82) is 0 Å². The Balaban J connectivity index is 1.54. The lowest BCUT2D eigenvalue weighted by Gasteiger charge is -2.56. The van der Waals surface area contributed by atoms with Gasteiger partial charge in [-0.15, -0.1) is 0 Å². The van der Waals surface area contributed by atoms with Gasteiger partial charge in [-0.25, -0.2) is 0 Å². The second-order valence-corrected chi connectivity index (χ2v) is 9.42. The zero-order valence-electron chi connectivity index (χ0n) is 14.8. The quantitative estimate of drug-likeness (QED) is 0.737. The van der Waals surface area contributed by atoms with Crippen LogP contribution in [0.15, 0.2) is 11.6 Å². The molecule has 4 fully saturated rings. The van der Waals surface area contributed by atoms with Gasteiger partial charge < -0.3 is 4.74 Å². The van der Waals surface area contributed by atoms with Crippen LogP contribution in [0, 0.1) is 34.5 Å². The lowest BCUT2D eigenvalue weighted by Crippen LogP contribution is -2.52. The molecule has 0 spiro atoms. The molecule has 0 radical (unpaired) electrons. The molecule has 1 saturated heterocycles. The van der Waals surface area contributed by atoms with Gasteiger partial charge in [0.25, 0.3) is 0 Å². The van der Waals surface area contributed by atoms with Crippen molar-refractivity contribution in [3.8, 4) is 0 Å². The lowest BCUT2D eigenvalue weighted by atomic mass is 9.46. The molecule has 0 N–H and O–H groups in total. The first kappa shape index (κ1) is 15.3. The third-order valence-electron chi connectivity index (χ3n) is 8.72. The SMILES string of the molecule is CC(=O)[C@H]1CC[C@H]2[C@@H]3C[C@@H]4OC[C@@]5(CCC(=O)C=C45)[C@H]3CC[C@]12C. The number of carbonyl (C=O) groups excluding carboxylic acids is 2. The summed E-state index contributed by atoms with van der Waals surface area (Å²) in [5.74, 6) is 2.99. The van der Waals surface area contributed by atoms with Crippen LogP contribution in [0.5, 0.6) is 0 Å². The van der Waals surface area contributed by atoms with Gasteiger partial charge in [-0.05, 0) is 80.3 Å². The first-order valence-corrected chi connectivity index (χ1v) is 9.83. The van der Waals surface area contributed by atoms with Gasteiger partial charge in [-0.2, -0.15) is 0 Å². The van der Waals surface area contributed by atoms with E-state index in [9.17, 15) is 9.59 Å². The maximum atomic E-state index is 12.2. The summed E-state index contributed by atoms with van der Waals surface area (Å²) < 4.78 is 6.22. The van der Waals surface area contributed by atoms with E-state index in [0.29, 0.717) is 35.7 Å². The Morgan fingerprint density at radius 2 is 2.04 bits per heavy atom. The molecule has 1 heterocycles.